The van der Waals surface area contributed by atoms with Gasteiger partial charge in [0.15, 0.2) is 0 Å². The largest absolute Gasteiger partial charge is 0.404 e. The van der Waals surface area contributed by atoms with E-state index in [1.54, 1.807) is 6.20 Å². The highest BCUT2D eigenvalue weighted by molar-refractivity contribution is 5.56. The minimum atomic E-state index is 0.389. The Bertz CT molecular complexity index is 933. The molecule has 2 saturated heterocycles. The highest BCUT2D eigenvalue weighted by Crippen LogP contribution is 2.28. The van der Waals surface area contributed by atoms with Crippen molar-refractivity contribution in [1.82, 2.24) is 15.5 Å². The number of piperazine rings is 1. The Morgan fingerprint density at radius 3 is 2.65 bits per heavy atom. The monoisotopic (exact) mass is 419 g/mol. The number of hydrogen-bond donors (Lipinski definition) is 4. The van der Waals surface area contributed by atoms with E-state index in [4.69, 9.17) is 5.73 Å². The highest BCUT2D eigenvalue weighted by atomic mass is 15.2. The summed E-state index contributed by atoms with van der Waals surface area (Å²) in [7, 11) is 0. The molecule has 4 rings (SSSR count). The summed E-state index contributed by atoms with van der Waals surface area (Å²) in [6.45, 7) is 11.5. The van der Waals surface area contributed by atoms with E-state index < -0.39 is 0 Å². The Balaban J connectivity index is 1.62. The molecule has 5 N–H and O–H groups in total. The predicted octanol–water partition coefficient (Wildman–Crippen LogP) is 1.39. The van der Waals surface area contributed by atoms with Gasteiger partial charge in [-0.1, -0.05) is 43.0 Å². The van der Waals surface area contributed by atoms with Gasteiger partial charge in [0.1, 0.15) is 0 Å². The van der Waals surface area contributed by atoms with E-state index in [1.165, 1.54) is 11.1 Å². The molecule has 1 aromatic carbocycles. The number of nitrogens with two attached hydrogens (primary N) is 1. The molecule has 0 spiro atoms. The van der Waals surface area contributed by atoms with Crippen LogP contribution in [0.2, 0.25) is 0 Å². The van der Waals surface area contributed by atoms with Gasteiger partial charge >= 0.3 is 0 Å². The van der Waals surface area contributed by atoms with E-state index in [9.17, 15) is 0 Å². The molecule has 0 bridgehead atoms. The molecule has 166 valence electrons. The number of rotatable bonds is 6. The van der Waals surface area contributed by atoms with Crippen molar-refractivity contribution in [2.24, 2.45) is 5.73 Å². The first-order valence-electron chi connectivity index (χ1n) is 11.7. The molecular formula is C26H37N5. The minimum absolute atomic E-state index is 0.389. The quantitative estimate of drug-likeness (QED) is 0.561. The van der Waals surface area contributed by atoms with E-state index in [2.05, 4.69) is 63.9 Å². The molecule has 0 saturated carbocycles. The Labute approximate surface area is 186 Å². The molecule has 2 fully saturated rings. The lowest BCUT2D eigenvalue weighted by Crippen LogP contribution is -2.44. The van der Waals surface area contributed by atoms with Gasteiger partial charge in [-0.15, -0.1) is 0 Å². The van der Waals surface area contributed by atoms with Gasteiger partial charge in [-0.05, 0) is 54.8 Å². The molecule has 0 aromatic heterocycles. The summed E-state index contributed by atoms with van der Waals surface area (Å²) >= 11 is 0. The van der Waals surface area contributed by atoms with Gasteiger partial charge in [0.05, 0.1) is 0 Å². The summed E-state index contributed by atoms with van der Waals surface area (Å²) in [5.74, 6) is 0.389. The summed E-state index contributed by atoms with van der Waals surface area (Å²) in [6, 6.07) is 5.09. The van der Waals surface area contributed by atoms with Gasteiger partial charge in [-0.2, -0.15) is 0 Å². The van der Waals surface area contributed by atoms with E-state index in [0.717, 1.165) is 81.2 Å². The van der Waals surface area contributed by atoms with E-state index in [1.807, 2.05) is 6.08 Å². The molecule has 1 unspecified atom stereocenters. The number of piperidine rings is 1. The van der Waals surface area contributed by atoms with Crippen molar-refractivity contribution in [1.29, 1.82) is 0 Å². The van der Waals surface area contributed by atoms with Gasteiger partial charge in [0, 0.05) is 61.8 Å². The lowest BCUT2D eigenvalue weighted by molar-refractivity contribution is 0.260. The molecule has 0 radical (unpaired) electrons. The van der Waals surface area contributed by atoms with Crippen LogP contribution in [0.5, 0.6) is 0 Å². The van der Waals surface area contributed by atoms with Crippen LogP contribution in [0.1, 0.15) is 30.7 Å². The summed E-state index contributed by atoms with van der Waals surface area (Å²) < 4.78 is 0. The standard InChI is InChI=1S/C26H37N5/c1-2-4-22-16-23(17-26(25(22)18-27)30-24-7-9-28-10-8-24)21-6-3-5-20(15-21)19-31-13-11-29-12-14-31/h2-5,15-18,21,24,28-30H,1,6-14,19,27H2/b22-4-,25-18+. The summed E-state index contributed by atoms with van der Waals surface area (Å²) in [6.07, 6.45) is 16.1. The molecule has 1 aromatic rings. The second kappa shape index (κ2) is 10.8. The summed E-state index contributed by atoms with van der Waals surface area (Å²) in [4.78, 5) is 2.54. The molecule has 1 atom stereocenters. The third kappa shape index (κ3) is 5.67. The summed E-state index contributed by atoms with van der Waals surface area (Å²) in [5, 5.41) is 12.9. The van der Waals surface area contributed by atoms with E-state index >= 15 is 0 Å². The van der Waals surface area contributed by atoms with Gasteiger partial charge in [-0.25, -0.2) is 0 Å². The van der Waals surface area contributed by atoms with Crippen LogP contribution < -0.4 is 32.1 Å². The summed E-state index contributed by atoms with van der Waals surface area (Å²) in [5.41, 5.74) is 9.99. The topological polar surface area (TPSA) is 65.3 Å². The van der Waals surface area contributed by atoms with Crippen molar-refractivity contribution < 1.29 is 0 Å². The third-order valence-electron chi connectivity index (χ3n) is 6.58. The average Bonchev–Trinajstić information content (AvgIpc) is 2.81. The van der Waals surface area contributed by atoms with Crippen molar-refractivity contribution in [3.8, 4) is 0 Å². The van der Waals surface area contributed by atoms with Crippen LogP contribution in [-0.2, 0) is 0 Å². The van der Waals surface area contributed by atoms with Crippen LogP contribution in [0.25, 0.3) is 12.3 Å². The van der Waals surface area contributed by atoms with Gasteiger partial charge in [-0.3, -0.25) is 4.90 Å². The van der Waals surface area contributed by atoms with Gasteiger partial charge < -0.3 is 21.7 Å². The van der Waals surface area contributed by atoms with E-state index in [0.29, 0.717) is 12.0 Å². The van der Waals surface area contributed by atoms with Crippen LogP contribution in [0.3, 0.4) is 0 Å². The van der Waals surface area contributed by atoms with Crippen LogP contribution in [0, 0.1) is 0 Å². The Kier molecular flexibility index (Phi) is 7.62. The molecule has 2 aliphatic heterocycles. The van der Waals surface area contributed by atoms with Gasteiger partial charge in [0.25, 0.3) is 0 Å². The Morgan fingerprint density at radius 2 is 1.90 bits per heavy atom. The molecular weight excluding hydrogens is 382 g/mol. The zero-order valence-corrected chi connectivity index (χ0v) is 18.6. The Hall–Kier alpha value is -2.34. The maximum Gasteiger partial charge on any atom is 0.0439 e. The van der Waals surface area contributed by atoms with Crippen molar-refractivity contribution >= 4 is 18.0 Å². The van der Waals surface area contributed by atoms with Crippen molar-refractivity contribution in [3.05, 3.63) is 64.6 Å². The molecule has 2 heterocycles. The van der Waals surface area contributed by atoms with Gasteiger partial charge in [0.2, 0.25) is 0 Å². The molecule has 1 aliphatic carbocycles. The van der Waals surface area contributed by atoms with Crippen LogP contribution in [0.15, 0.2) is 48.6 Å². The predicted molar refractivity (Wildman–Crippen MR) is 132 cm³/mol. The second-order valence-corrected chi connectivity index (χ2v) is 8.82. The average molecular weight is 420 g/mol. The van der Waals surface area contributed by atoms with Crippen molar-refractivity contribution in [2.75, 3.05) is 51.1 Å². The minimum Gasteiger partial charge on any atom is -0.404 e. The first-order valence-corrected chi connectivity index (χ1v) is 11.7. The van der Waals surface area contributed by atoms with Crippen LogP contribution in [-0.4, -0.2) is 56.8 Å². The van der Waals surface area contributed by atoms with Crippen molar-refractivity contribution in [2.45, 2.75) is 31.2 Å². The third-order valence-corrected chi connectivity index (χ3v) is 6.58. The number of nitrogens with zero attached hydrogens (tertiary/aromatic N) is 1. The smallest absolute Gasteiger partial charge is 0.0439 e. The maximum absolute atomic E-state index is 6.08. The zero-order chi connectivity index (χ0) is 21.5. The lowest BCUT2D eigenvalue weighted by Gasteiger charge is -2.29. The fraction of sp³-hybridized carbons (Fsp3) is 0.462. The molecule has 31 heavy (non-hydrogen) atoms. The van der Waals surface area contributed by atoms with Crippen LogP contribution >= 0.6 is 0 Å². The number of anilines is 1. The fourth-order valence-corrected chi connectivity index (χ4v) is 4.88. The molecule has 5 heteroatoms. The lowest BCUT2D eigenvalue weighted by atomic mass is 9.88. The second-order valence-electron chi connectivity index (χ2n) is 8.82. The molecule has 0 amide bonds. The number of nitrogens with one attached hydrogen (secondary N) is 3. The maximum atomic E-state index is 6.08. The number of allylic oxidation sites excluding steroid dienone is 3. The zero-order valence-electron chi connectivity index (χ0n) is 18.6. The fourth-order valence-electron chi connectivity index (χ4n) is 4.88. The molecule has 5 nitrogen and oxygen atoms in total. The van der Waals surface area contributed by atoms with E-state index in [-0.39, 0.29) is 0 Å². The number of benzene rings is 1. The highest BCUT2D eigenvalue weighted by Gasteiger charge is 2.18. The van der Waals surface area contributed by atoms with Crippen LogP contribution in [0.4, 0.5) is 5.69 Å². The normalized spacial score (nSPS) is 24.3. The SMILES string of the molecule is C=C/C=c1/cc(C2C=C(CN3CCNCC3)C=CC2)cc(NC2CCNCC2)/c1=C/N. The van der Waals surface area contributed by atoms with Crippen molar-refractivity contribution in [3.63, 3.8) is 0 Å². The first-order chi connectivity index (χ1) is 15.3. The molecule has 3 aliphatic rings. The first kappa shape index (κ1) is 21.9. The number of hydrogen-bond acceptors (Lipinski definition) is 5. The Morgan fingerprint density at radius 1 is 1.13 bits per heavy atom.